The number of rotatable bonds is 13. The van der Waals surface area contributed by atoms with Gasteiger partial charge in [-0.3, -0.25) is 0 Å². The van der Waals surface area contributed by atoms with E-state index < -0.39 is 11.9 Å². The lowest BCUT2D eigenvalue weighted by atomic mass is 9.83. The molecule has 3 aromatic carbocycles. The van der Waals surface area contributed by atoms with Crippen molar-refractivity contribution in [1.82, 2.24) is 0 Å². The summed E-state index contributed by atoms with van der Waals surface area (Å²) in [5.74, 6) is 1.37. The number of allylic oxidation sites excluding steroid dienone is 1. The van der Waals surface area contributed by atoms with Crippen LogP contribution in [0.15, 0.2) is 72.1 Å². The third-order valence-corrected chi connectivity index (χ3v) is 6.83. The second kappa shape index (κ2) is 14.1. The molecular formula is C33H36N2O6. The largest absolute Gasteiger partial charge is 0.493 e. The van der Waals surface area contributed by atoms with Crippen LogP contribution in [0.5, 0.6) is 28.7 Å². The summed E-state index contributed by atoms with van der Waals surface area (Å²) in [6, 6.07) is 20.2. The number of nitrogens with two attached hydrogens (primary N) is 1. The number of esters is 1. The van der Waals surface area contributed by atoms with Crippen LogP contribution in [0.3, 0.4) is 0 Å². The fourth-order valence-corrected chi connectivity index (χ4v) is 4.65. The molecule has 8 heteroatoms. The molecular weight excluding hydrogens is 520 g/mol. The number of ether oxygens (including phenoxy) is 5. The molecule has 0 aliphatic carbocycles. The van der Waals surface area contributed by atoms with Gasteiger partial charge in [-0.1, -0.05) is 62.4 Å². The molecule has 4 rings (SSSR count). The highest BCUT2D eigenvalue weighted by molar-refractivity contribution is 5.74. The van der Waals surface area contributed by atoms with Crippen molar-refractivity contribution in [3.63, 3.8) is 0 Å². The molecule has 41 heavy (non-hydrogen) atoms. The maximum absolute atomic E-state index is 12.4. The van der Waals surface area contributed by atoms with Gasteiger partial charge in [-0.2, -0.15) is 5.26 Å². The summed E-state index contributed by atoms with van der Waals surface area (Å²) in [4.78, 5) is 12.4. The summed E-state index contributed by atoms with van der Waals surface area (Å²) in [5, 5.41) is 9.94. The predicted octanol–water partition coefficient (Wildman–Crippen LogP) is 6.56. The lowest BCUT2D eigenvalue weighted by Gasteiger charge is -2.27. The van der Waals surface area contributed by atoms with E-state index in [0.717, 1.165) is 24.0 Å². The van der Waals surface area contributed by atoms with Gasteiger partial charge in [0.25, 0.3) is 0 Å². The summed E-state index contributed by atoms with van der Waals surface area (Å²) in [5.41, 5.74) is 9.04. The van der Waals surface area contributed by atoms with Gasteiger partial charge >= 0.3 is 5.97 Å². The number of nitriles is 1. The van der Waals surface area contributed by atoms with E-state index in [1.807, 2.05) is 37.3 Å². The minimum Gasteiger partial charge on any atom is -0.493 e. The Kier molecular flexibility index (Phi) is 10.1. The number of carbonyl (C=O) groups excluding carboxylic acids is 1. The quantitative estimate of drug-likeness (QED) is 0.143. The Labute approximate surface area is 241 Å². The number of hydrogen-bond donors (Lipinski definition) is 1. The van der Waals surface area contributed by atoms with Crippen LogP contribution in [-0.2, 0) is 4.79 Å². The molecule has 0 amide bonds. The van der Waals surface area contributed by atoms with Crippen LogP contribution >= 0.6 is 0 Å². The monoisotopic (exact) mass is 556 g/mol. The molecule has 0 spiro atoms. The van der Waals surface area contributed by atoms with Gasteiger partial charge in [0.2, 0.25) is 5.88 Å². The van der Waals surface area contributed by atoms with Gasteiger partial charge in [-0.05, 0) is 49.2 Å². The SMILES string of the molecule is CCCCCCCOc1ccc(C2C(C#N)=C(N)Oc3cc(OC(=O)COc4ccc(C)cc4)ccc32)cc1OC. The van der Waals surface area contributed by atoms with E-state index in [1.54, 1.807) is 37.4 Å². The topological polar surface area (TPSA) is 113 Å². The van der Waals surface area contributed by atoms with E-state index in [-0.39, 0.29) is 23.8 Å². The smallest absolute Gasteiger partial charge is 0.349 e. The van der Waals surface area contributed by atoms with Crippen LogP contribution in [0, 0.1) is 18.3 Å². The first kappa shape index (κ1) is 29.3. The van der Waals surface area contributed by atoms with Gasteiger partial charge in [-0.25, -0.2) is 4.79 Å². The Morgan fingerprint density at radius 1 is 0.951 bits per heavy atom. The third kappa shape index (κ3) is 7.52. The molecule has 1 atom stereocenters. The molecule has 0 saturated carbocycles. The van der Waals surface area contributed by atoms with E-state index in [2.05, 4.69) is 13.0 Å². The van der Waals surface area contributed by atoms with Gasteiger partial charge in [0, 0.05) is 11.6 Å². The van der Waals surface area contributed by atoms with Crippen molar-refractivity contribution in [1.29, 1.82) is 5.26 Å². The molecule has 3 aromatic rings. The van der Waals surface area contributed by atoms with Crippen molar-refractivity contribution in [2.45, 2.75) is 51.9 Å². The molecule has 1 unspecified atom stereocenters. The van der Waals surface area contributed by atoms with Gasteiger partial charge < -0.3 is 29.4 Å². The van der Waals surface area contributed by atoms with Crippen molar-refractivity contribution in [3.8, 4) is 34.8 Å². The summed E-state index contributed by atoms with van der Waals surface area (Å²) in [6.07, 6.45) is 5.73. The zero-order valence-electron chi connectivity index (χ0n) is 23.8. The summed E-state index contributed by atoms with van der Waals surface area (Å²) in [7, 11) is 1.59. The zero-order valence-corrected chi connectivity index (χ0v) is 23.8. The number of carbonyl (C=O) groups is 1. The highest BCUT2D eigenvalue weighted by Crippen LogP contribution is 2.45. The van der Waals surface area contributed by atoms with Crippen molar-refractivity contribution >= 4 is 5.97 Å². The number of aryl methyl sites for hydroxylation is 1. The van der Waals surface area contributed by atoms with E-state index in [1.165, 1.54) is 19.3 Å². The standard InChI is InChI=1S/C33H36N2O6/c1-4-5-6-7-8-17-38-28-16-11-23(18-30(28)37-3)32-26-15-14-25(19-29(26)41-33(35)27(32)20-34)40-31(36)21-39-24-12-9-22(2)10-13-24/h9-16,18-19,32H,4-8,17,21,35H2,1-3H3. The molecule has 214 valence electrons. The Hall–Kier alpha value is -4.64. The Morgan fingerprint density at radius 2 is 1.71 bits per heavy atom. The van der Waals surface area contributed by atoms with E-state index in [4.69, 9.17) is 29.4 Å². The zero-order chi connectivity index (χ0) is 29.2. The fourth-order valence-electron chi connectivity index (χ4n) is 4.65. The third-order valence-electron chi connectivity index (χ3n) is 6.83. The first-order valence-electron chi connectivity index (χ1n) is 13.9. The Morgan fingerprint density at radius 3 is 2.44 bits per heavy atom. The Balaban J connectivity index is 1.49. The van der Waals surface area contributed by atoms with Crippen LogP contribution in [0.25, 0.3) is 0 Å². The number of benzene rings is 3. The molecule has 0 aromatic heterocycles. The summed E-state index contributed by atoms with van der Waals surface area (Å²) >= 11 is 0. The van der Waals surface area contributed by atoms with Crippen LogP contribution in [0.4, 0.5) is 0 Å². The molecule has 0 saturated heterocycles. The van der Waals surface area contributed by atoms with Crippen LogP contribution in [0.1, 0.15) is 61.6 Å². The van der Waals surface area contributed by atoms with E-state index in [0.29, 0.717) is 35.2 Å². The number of unbranched alkanes of at least 4 members (excludes halogenated alkanes) is 4. The van der Waals surface area contributed by atoms with Gasteiger partial charge in [-0.15, -0.1) is 0 Å². The predicted molar refractivity (Wildman–Crippen MR) is 155 cm³/mol. The molecule has 0 radical (unpaired) electrons. The lowest BCUT2D eigenvalue weighted by Crippen LogP contribution is -2.22. The second-order valence-corrected chi connectivity index (χ2v) is 9.87. The minimum atomic E-state index is -0.565. The molecule has 1 heterocycles. The van der Waals surface area contributed by atoms with Gasteiger partial charge in [0.1, 0.15) is 28.9 Å². The number of methoxy groups -OCH3 is 1. The average Bonchev–Trinajstić information content (AvgIpc) is 2.98. The van der Waals surface area contributed by atoms with Crippen molar-refractivity contribution in [2.75, 3.05) is 20.3 Å². The average molecular weight is 557 g/mol. The Bertz CT molecular complexity index is 1420. The van der Waals surface area contributed by atoms with Crippen molar-refractivity contribution < 1.29 is 28.5 Å². The summed E-state index contributed by atoms with van der Waals surface area (Å²) < 4.78 is 28.4. The maximum atomic E-state index is 12.4. The molecule has 0 bridgehead atoms. The first-order chi connectivity index (χ1) is 19.9. The second-order valence-electron chi connectivity index (χ2n) is 9.87. The van der Waals surface area contributed by atoms with E-state index >= 15 is 0 Å². The number of fused-ring (bicyclic) bond motifs is 1. The first-order valence-corrected chi connectivity index (χ1v) is 13.9. The summed E-state index contributed by atoms with van der Waals surface area (Å²) in [6.45, 7) is 4.52. The highest BCUT2D eigenvalue weighted by atomic mass is 16.6. The van der Waals surface area contributed by atoms with E-state index in [9.17, 15) is 10.1 Å². The van der Waals surface area contributed by atoms with Crippen LogP contribution in [-0.4, -0.2) is 26.3 Å². The van der Waals surface area contributed by atoms with Gasteiger partial charge in [0.05, 0.1) is 19.6 Å². The molecule has 1 aliphatic rings. The lowest BCUT2D eigenvalue weighted by molar-refractivity contribution is -0.136. The van der Waals surface area contributed by atoms with Crippen LogP contribution in [0.2, 0.25) is 0 Å². The van der Waals surface area contributed by atoms with Crippen molar-refractivity contribution in [3.05, 3.63) is 88.8 Å². The van der Waals surface area contributed by atoms with Crippen LogP contribution < -0.4 is 29.4 Å². The van der Waals surface area contributed by atoms with Gasteiger partial charge in [0.15, 0.2) is 18.1 Å². The molecule has 2 N–H and O–H groups in total. The minimum absolute atomic E-state index is 0.0115. The molecule has 8 nitrogen and oxygen atoms in total. The number of hydrogen-bond acceptors (Lipinski definition) is 8. The molecule has 1 aliphatic heterocycles. The highest BCUT2D eigenvalue weighted by Gasteiger charge is 2.31. The van der Waals surface area contributed by atoms with Crippen molar-refractivity contribution in [2.24, 2.45) is 5.73 Å². The number of nitrogens with zero attached hydrogens (tertiary/aromatic N) is 1. The molecule has 0 fully saturated rings. The maximum Gasteiger partial charge on any atom is 0.349 e. The fraction of sp³-hybridized carbons (Fsp3) is 0.333. The normalized spacial score (nSPS) is 14.0.